The van der Waals surface area contributed by atoms with Crippen LogP contribution in [-0.2, 0) is 11.2 Å². The first-order chi connectivity index (χ1) is 8.85. The fraction of sp³-hybridized carbons (Fsp3) is 0.727. The number of hydrogen-bond acceptors (Lipinski definition) is 4. The molecule has 0 spiro atoms. The first-order valence-electron chi connectivity index (χ1n) is 5.67. The molecule has 1 heterocycles. The molecule has 0 saturated carbocycles. The van der Waals surface area contributed by atoms with Crippen LogP contribution in [0.3, 0.4) is 0 Å². The van der Waals surface area contributed by atoms with E-state index >= 15 is 0 Å². The Morgan fingerprint density at radius 1 is 1.47 bits per heavy atom. The normalized spacial score (nSPS) is 14.1. The third-order valence-corrected chi connectivity index (χ3v) is 3.29. The van der Waals surface area contributed by atoms with Crippen molar-refractivity contribution in [3.05, 3.63) is 16.1 Å². The zero-order valence-electron chi connectivity index (χ0n) is 10.6. The second kappa shape index (κ2) is 7.16. The van der Waals surface area contributed by atoms with Crippen molar-refractivity contribution in [3.63, 3.8) is 0 Å². The quantitative estimate of drug-likeness (QED) is 0.749. The fourth-order valence-corrected chi connectivity index (χ4v) is 2.02. The lowest BCUT2D eigenvalue weighted by Gasteiger charge is -2.19. The molecule has 1 aromatic heterocycles. The third kappa shape index (κ3) is 5.42. The van der Waals surface area contributed by atoms with Crippen molar-refractivity contribution in [2.45, 2.75) is 31.7 Å². The fourth-order valence-electron chi connectivity index (χ4n) is 1.40. The maximum atomic E-state index is 12.6. The topological polar surface area (TPSA) is 34.1 Å². The van der Waals surface area contributed by atoms with Crippen molar-refractivity contribution >= 4 is 11.3 Å². The van der Waals surface area contributed by atoms with Crippen LogP contribution in [0.4, 0.5) is 17.6 Å². The lowest BCUT2D eigenvalue weighted by molar-refractivity contribution is -0.166. The highest BCUT2D eigenvalue weighted by molar-refractivity contribution is 7.09. The summed E-state index contributed by atoms with van der Waals surface area (Å²) in [6.45, 7) is 0.510. The Morgan fingerprint density at radius 2 is 2.16 bits per heavy atom. The Morgan fingerprint density at radius 3 is 2.63 bits per heavy atom. The highest BCUT2D eigenvalue weighted by Gasteiger charge is 2.41. The minimum absolute atomic E-state index is 0.0740. The summed E-state index contributed by atoms with van der Waals surface area (Å²) >= 11 is 1.49. The first-order valence-corrected chi connectivity index (χ1v) is 6.55. The van der Waals surface area contributed by atoms with Gasteiger partial charge in [0.15, 0.2) is 0 Å². The molecule has 0 aliphatic heterocycles. The maximum Gasteiger partial charge on any atom is 0.330 e. The van der Waals surface area contributed by atoms with Crippen molar-refractivity contribution < 1.29 is 22.3 Å². The van der Waals surface area contributed by atoms with E-state index in [1.807, 2.05) is 12.3 Å². The molecule has 1 atom stereocenters. The molecular formula is C11H16F4N2OS. The molecule has 0 saturated heterocycles. The molecule has 0 bridgehead atoms. The van der Waals surface area contributed by atoms with Gasteiger partial charge in [-0.15, -0.1) is 11.3 Å². The number of thiazole rings is 1. The number of rotatable bonds is 8. The van der Waals surface area contributed by atoms with Crippen LogP contribution in [0.5, 0.6) is 0 Å². The predicted molar refractivity (Wildman–Crippen MR) is 65.2 cm³/mol. The number of nitrogens with zero attached hydrogens (tertiary/aromatic N) is 1. The van der Waals surface area contributed by atoms with E-state index in [1.54, 1.807) is 7.05 Å². The number of aryl methyl sites for hydroxylation is 1. The zero-order valence-corrected chi connectivity index (χ0v) is 11.4. The zero-order chi connectivity index (χ0) is 14.5. The molecule has 0 fully saturated rings. The van der Waals surface area contributed by atoms with E-state index < -0.39 is 19.0 Å². The molecule has 0 aliphatic rings. The van der Waals surface area contributed by atoms with Crippen LogP contribution in [-0.4, -0.2) is 43.6 Å². The molecule has 1 rings (SSSR count). The molecule has 1 unspecified atom stereocenters. The van der Waals surface area contributed by atoms with E-state index in [1.165, 1.54) is 11.3 Å². The molecule has 1 N–H and O–H groups in total. The molecule has 0 amide bonds. The lowest BCUT2D eigenvalue weighted by Crippen LogP contribution is -2.37. The van der Waals surface area contributed by atoms with Crippen LogP contribution in [0.2, 0.25) is 0 Å². The summed E-state index contributed by atoms with van der Waals surface area (Å²) in [5, 5.41) is 5.66. The minimum atomic E-state index is -4.10. The summed E-state index contributed by atoms with van der Waals surface area (Å²) in [4.78, 5) is 4.24. The van der Waals surface area contributed by atoms with Crippen LogP contribution in [0.1, 0.15) is 10.7 Å². The van der Waals surface area contributed by atoms with Gasteiger partial charge in [0.1, 0.15) is 6.61 Å². The van der Waals surface area contributed by atoms with Gasteiger partial charge in [0.05, 0.1) is 17.3 Å². The van der Waals surface area contributed by atoms with Crippen LogP contribution < -0.4 is 5.32 Å². The van der Waals surface area contributed by atoms with Gasteiger partial charge in [-0.3, -0.25) is 0 Å². The number of aromatic nitrogens is 1. The Balaban J connectivity index is 2.37. The summed E-state index contributed by atoms with van der Waals surface area (Å²) in [6.07, 6.45) is -3.21. The summed E-state index contributed by atoms with van der Waals surface area (Å²) in [5.74, 6) is -4.10. The second-order valence-electron chi connectivity index (χ2n) is 4.12. The number of ether oxygens (including phenoxy) is 1. The van der Waals surface area contributed by atoms with Gasteiger partial charge in [-0.05, 0) is 14.0 Å². The Kier molecular flexibility index (Phi) is 6.15. The van der Waals surface area contributed by atoms with E-state index in [4.69, 9.17) is 0 Å². The van der Waals surface area contributed by atoms with Gasteiger partial charge in [0, 0.05) is 17.8 Å². The molecular weight excluding hydrogens is 284 g/mol. The predicted octanol–water partition coefficient (Wildman–Crippen LogP) is 2.50. The molecule has 3 nitrogen and oxygen atoms in total. The number of alkyl halides is 4. The minimum Gasteiger partial charge on any atom is -0.373 e. The Hall–Kier alpha value is -0.730. The summed E-state index contributed by atoms with van der Waals surface area (Å²) in [7, 11) is 1.65. The highest BCUT2D eigenvalue weighted by atomic mass is 32.1. The first kappa shape index (κ1) is 16.3. The van der Waals surface area contributed by atoms with Crippen molar-refractivity contribution in [2.75, 3.05) is 20.3 Å². The highest BCUT2D eigenvalue weighted by Crippen LogP contribution is 2.22. The van der Waals surface area contributed by atoms with Crippen LogP contribution in [0.25, 0.3) is 0 Å². The van der Waals surface area contributed by atoms with Crippen molar-refractivity contribution in [1.29, 1.82) is 0 Å². The number of halogens is 4. The van der Waals surface area contributed by atoms with E-state index in [2.05, 4.69) is 15.0 Å². The number of hydrogen-bond donors (Lipinski definition) is 1. The van der Waals surface area contributed by atoms with Crippen LogP contribution >= 0.6 is 11.3 Å². The molecule has 0 aromatic carbocycles. The van der Waals surface area contributed by atoms with E-state index in [9.17, 15) is 17.6 Å². The van der Waals surface area contributed by atoms with Gasteiger partial charge in [0.25, 0.3) is 0 Å². The SMILES string of the molecule is CNC(COCC(F)(F)C(F)F)Cc1csc(C)n1. The largest absolute Gasteiger partial charge is 0.373 e. The van der Waals surface area contributed by atoms with Crippen LogP contribution in [0, 0.1) is 6.92 Å². The van der Waals surface area contributed by atoms with Crippen molar-refractivity contribution in [3.8, 4) is 0 Å². The maximum absolute atomic E-state index is 12.6. The van der Waals surface area contributed by atoms with Gasteiger partial charge in [0.2, 0.25) is 0 Å². The molecule has 8 heteroatoms. The third-order valence-electron chi connectivity index (χ3n) is 2.46. The smallest absolute Gasteiger partial charge is 0.330 e. The molecule has 110 valence electrons. The van der Waals surface area contributed by atoms with Crippen molar-refractivity contribution in [1.82, 2.24) is 10.3 Å². The molecule has 1 aromatic rings. The monoisotopic (exact) mass is 300 g/mol. The summed E-state index contributed by atoms with van der Waals surface area (Å²) < 4.78 is 53.8. The van der Waals surface area contributed by atoms with Crippen LogP contribution in [0.15, 0.2) is 5.38 Å². The van der Waals surface area contributed by atoms with Gasteiger partial charge in [-0.1, -0.05) is 0 Å². The molecule has 19 heavy (non-hydrogen) atoms. The van der Waals surface area contributed by atoms with Gasteiger partial charge in [-0.25, -0.2) is 13.8 Å². The average Bonchev–Trinajstić information content (AvgIpc) is 2.73. The Bertz CT molecular complexity index is 387. The molecule has 0 radical (unpaired) electrons. The summed E-state index contributed by atoms with van der Waals surface area (Å²) in [5.41, 5.74) is 0.825. The standard InChI is InChI=1S/C11H16F4N2OS/c1-7-17-9(5-19-7)3-8(16-2)4-18-6-11(14,15)10(12)13/h5,8,10,16H,3-4,6H2,1-2H3. The lowest BCUT2D eigenvalue weighted by atomic mass is 10.2. The number of likely N-dealkylation sites (N-methyl/N-ethyl adjacent to an activating group) is 1. The van der Waals surface area contributed by atoms with E-state index in [-0.39, 0.29) is 12.6 Å². The summed E-state index contributed by atoms with van der Waals surface area (Å²) in [6, 6.07) is -0.241. The van der Waals surface area contributed by atoms with E-state index in [0.717, 1.165) is 10.7 Å². The van der Waals surface area contributed by atoms with Gasteiger partial charge >= 0.3 is 12.3 Å². The second-order valence-corrected chi connectivity index (χ2v) is 5.19. The van der Waals surface area contributed by atoms with Crippen molar-refractivity contribution in [2.24, 2.45) is 0 Å². The number of nitrogens with one attached hydrogen (secondary N) is 1. The van der Waals surface area contributed by atoms with E-state index in [0.29, 0.717) is 6.42 Å². The molecule has 0 aliphatic carbocycles. The average molecular weight is 300 g/mol. The van der Waals surface area contributed by atoms with Gasteiger partial charge < -0.3 is 10.1 Å². The Labute approximate surface area is 113 Å². The van der Waals surface area contributed by atoms with Gasteiger partial charge in [-0.2, -0.15) is 8.78 Å².